The molecule has 0 aromatic rings. The molecule has 0 aromatic heterocycles. The molecule has 1 saturated heterocycles. The Morgan fingerprint density at radius 2 is 1.64 bits per heavy atom. The van der Waals surface area contributed by atoms with Gasteiger partial charge in [-0.1, -0.05) is 13.8 Å². The van der Waals surface area contributed by atoms with Gasteiger partial charge in [-0.3, -0.25) is 0 Å². The van der Waals surface area contributed by atoms with Gasteiger partial charge in [-0.15, -0.1) is 0 Å². The van der Waals surface area contributed by atoms with Crippen LogP contribution in [-0.2, 0) is 0 Å². The van der Waals surface area contributed by atoms with Crippen LogP contribution in [0.3, 0.4) is 0 Å². The molecule has 0 unspecified atom stereocenters. The smallest absolute Gasteiger partial charge is 0.00685 e. The molecule has 1 aliphatic rings. The fraction of sp³-hybridized carbons (Fsp3) is 1.00. The lowest BCUT2D eigenvalue weighted by molar-refractivity contribution is 0.282. The Kier molecular flexibility index (Phi) is 7.18. The van der Waals surface area contributed by atoms with Crippen molar-refractivity contribution in [1.29, 1.82) is 0 Å². The van der Waals surface area contributed by atoms with Crippen molar-refractivity contribution < 1.29 is 0 Å². The van der Waals surface area contributed by atoms with E-state index in [9.17, 15) is 0 Å². The minimum absolute atomic E-state index is 0.946. The maximum Gasteiger partial charge on any atom is 0.00685 e. The van der Waals surface area contributed by atoms with Crippen molar-refractivity contribution in [3.8, 4) is 0 Å². The van der Waals surface area contributed by atoms with Gasteiger partial charge in [0.15, 0.2) is 0 Å². The normalized spacial score (nSPS) is 20.7. The topological polar surface area (TPSA) is 3.24 Å². The van der Waals surface area contributed by atoms with Crippen molar-refractivity contribution >= 4 is 11.8 Å². The molecule has 1 nitrogen and oxygen atoms in total. The summed E-state index contributed by atoms with van der Waals surface area (Å²) in [5, 5.41) is 0.946. The van der Waals surface area contributed by atoms with Gasteiger partial charge in [0.2, 0.25) is 0 Å². The van der Waals surface area contributed by atoms with Gasteiger partial charge in [-0.2, -0.15) is 11.8 Å². The zero-order valence-electron chi connectivity index (χ0n) is 8.26. The molecule has 1 fully saturated rings. The molecule has 0 bridgehead atoms. The lowest BCUT2D eigenvalue weighted by Crippen LogP contribution is -2.31. The van der Waals surface area contributed by atoms with Crippen LogP contribution in [0.2, 0.25) is 0 Å². The molecule has 2 heteroatoms. The van der Waals surface area contributed by atoms with Gasteiger partial charge < -0.3 is 4.90 Å². The van der Waals surface area contributed by atoms with E-state index < -0.39 is 0 Å². The van der Waals surface area contributed by atoms with E-state index in [1.165, 1.54) is 25.9 Å². The average molecular weight is 175 g/mol. The predicted molar refractivity (Wildman–Crippen MR) is 55.4 cm³/mol. The summed E-state index contributed by atoms with van der Waals surface area (Å²) in [6, 6.07) is 0. The number of thioether (sulfide) groups is 1. The number of rotatable bonds is 1. The van der Waals surface area contributed by atoms with E-state index in [1.54, 1.807) is 0 Å². The first-order valence-electron chi connectivity index (χ1n) is 4.54. The van der Waals surface area contributed by atoms with Gasteiger partial charge in [0, 0.05) is 5.25 Å². The van der Waals surface area contributed by atoms with Crippen LogP contribution < -0.4 is 0 Å². The minimum atomic E-state index is 0.946. The van der Waals surface area contributed by atoms with Crippen LogP contribution in [-0.4, -0.2) is 36.5 Å². The number of hydrogen-bond donors (Lipinski definition) is 0. The van der Waals surface area contributed by atoms with Crippen molar-refractivity contribution in [3.05, 3.63) is 0 Å². The van der Waals surface area contributed by atoms with Crippen LogP contribution >= 0.6 is 11.8 Å². The Morgan fingerprint density at radius 1 is 1.18 bits per heavy atom. The molecule has 0 amide bonds. The summed E-state index contributed by atoms with van der Waals surface area (Å²) in [5.41, 5.74) is 0. The summed E-state index contributed by atoms with van der Waals surface area (Å²) in [7, 11) is 2.20. The largest absolute Gasteiger partial charge is 0.306 e. The molecular formula is C9H21NS. The van der Waals surface area contributed by atoms with Crippen LogP contribution in [0.5, 0.6) is 0 Å². The third kappa shape index (κ3) is 4.70. The monoisotopic (exact) mass is 175 g/mol. The third-order valence-electron chi connectivity index (χ3n) is 2.00. The first-order chi connectivity index (χ1) is 5.33. The van der Waals surface area contributed by atoms with E-state index in [0.29, 0.717) is 0 Å². The SMILES string of the molecule is CC.CSC1CCN(C)CC1. The van der Waals surface area contributed by atoms with Gasteiger partial charge in [0.25, 0.3) is 0 Å². The van der Waals surface area contributed by atoms with Gasteiger partial charge in [-0.25, -0.2) is 0 Å². The Morgan fingerprint density at radius 3 is 2.00 bits per heavy atom. The molecule has 0 spiro atoms. The van der Waals surface area contributed by atoms with E-state index >= 15 is 0 Å². The van der Waals surface area contributed by atoms with Crippen molar-refractivity contribution in [3.63, 3.8) is 0 Å². The lowest BCUT2D eigenvalue weighted by Gasteiger charge is -2.27. The second kappa shape index (κ2) is 6.99. The van der Waals surface area contributed by atoms with Crippen LogP contribution in [0.4, 0.5) is 0 Å². The van der Waals surface area contributed by atoms with Crippen molar-refractivity contribution in [1.82, 2.24) is 4.90 Å². The maximum absolute atomic E-state index is 2.41. The highest BCUT2D eigenvalue weighted by atomic mass is 32.2. The molecule has 0 N–H and O–H groups in total. The zero-order valence-corrected chi connectivity index (χ0v) is 9.08. The van der Waals surface area contributed by atoms with E-state index in [1.807, 2.05) is 25.6 Å². The summed E-state index contributed by atoms with van der Waals surface area (Å²) < 4.78 is 0. The van der Waals surface area contributed by atoms with Gasteiger partial charge in [0.05, 0.1) is 0 Å². The summed E-state index contributed by atoms with van der Waals surface area (Å²) in [6.07, 6.45) is 4.99. The standard InChI is InChI=1S/C7H15NS.C2H6/c1-8-5-3-7(9-2)4-6-8;1-2/h7H,3-6H2,1-2H3;1-2H3. The first kappa shape index (κ1) is 11.3. The maximum atomic E-state index is 2.41. The number of nitrogens with zero attached hydrogens (tertiary/aromatic N) is 1. The molecule has 0 atom stereocenters. The summed E-state index contributed by atoms with van der Waals surface area (Å²) >= 11 is 2.02. The summed E-state index contributed by atoms with van der Waals surface area (Å²) in [5.74, 6) is 0. The molecule has 1 aliphatic heterocycles. The van der Waals surface area contributed by atoms with Gasteiger partial charge in [0.1, 0.15) is 0 Å². The molecule has 68 valence electrons. The highest BCUT2D eigenvalue weighted by Gasteiger charge is 2.14. The summed E-state index contributed by atoms with van der Waals surface area (Å²) in [4.78, 5) is 2.41. The molecule has 1 rings (SSSR count). The Balaban J connectivity index is 0.000000461. The van der Waals surface area contributed by atoms with Crippen LogP contribution in [0.25, 0.3) is 0 Å². The lowest BCUT2D eigenvalue weighted by atomic mass is 10.1. The Labute approximate surface area is 75.5 Å². The van der Waals surface area contributed by atoms with E-state index in [0.717, 1.165) is 5.25 Å². The molecular weight excluding hydrogens is 154 g/mol. The first-order valence-corrected chi connectivity index (χ1v) is 5.83. The quantitative estimate of drug-likeness (QED) is 0.602. The molecule has 11 heavy (non-hydrogen) atoms. The zero-order chi connectivity index (χ0) is 8.69. The Hall–Kier alpha value is 0.310. The fourth-order valence-corrected chi connectivity index (χ4v) is 1.90. The van der Waals surface area contributed by atoms with Crippen molar-refractivity contribution in [2.45, 2.75) is 31.9 Å². The van der Waals surface area contributed by atoms with Gasteiger partial charge in [-0.05, 0) is 39.2 Å². The fourth-order valence-electron chi connectivity index (χ4n) is 1.22. The van der Waals surface area contributed by atoms with Crippen LogP contribution in [0.1, 0.15) is 26.7 Å². The molecule has 0 aliphatic carbocycles. The average Bonchev–Trinajstić information content (AvgIpc) is 2.10. The van der Waals surface area contributed by atoms with E-state index in [-0.39, 0.29) is 0 Å². The molecule has 0 aromatic carbocycles. The highest BCUT2D eigenvalue weighted by Crippen LogP contribution is 2.19. The molecule has 0 saturated carbocycles. The second-order valence-electron chi connectivity index (χ2n) is 2.74. The van der Waals surface area contributed by atoms with Gasteiger partial charge >= 0.3 is 0 Å². The Bertz CT molecular complexity index is 77.6. The van der Waals surface area contributed by atoms with Crippen molar-refractivity contribution in [2.24, 2.45) is 0 Å². The number of likely N-dealkylation sites (tertiary alicyclic amines) is 1. The van der Waals surface area contributed by atoms with E-state index in [2.05, 4.69) is 18.2 Å². The highest BCUT2D eigenvalue weighted by molar-refractivity contribution is 7.99. The second-order valence-corrected chi connectivity index (χ2v) is 3.88. The molecule has 1 heterocycles. The predicted octanol–water partition coefficient (Wildman–Crippen LogP) is 2.47. The third-order valence-corrected chi connectivity index (χ3v) is 3.14. The summed E-state index contributed by atoms with van der Waals surface area (Å²) in [6.45, 7) is 6.59. The van der Waals surface area contributed by atoms with Crippen molar-refractivity contribution in [2.75, 3.05) is 26.4 Å². The van der Waals surface area contributed by atoms with E-state index in [4.69, 9.17) is 0 Å². The van der Waals surface area contributed by atoms with Crippen LogP contribution in [0.15, 0.2) is 0 Å². The number of piperidine rings is 1. The van der Waals surface area contributed by atoms with Crippen LogP contribution in [0, 0.1) is 0 Å². The molecule has 0 radical (unpaired) electrons. The number of hydrogen-bond acceptors (Lipinski definition) is 2. The minimum Gasteiger partial charge on any atom is -0.306 e.